The molecule has 0 saturated heterocycles. The van der Waals surface area contributed by atoms with Crippen LogP contribution in [-0.2, 0) is 14.8 Å². The van der Waals surface area contributed by atoms with Crippen LogP contribution in [0.25, 0.3) is 0 Å². The van der Waals surface area contributed by atoms with E-state index in [9.17, 15) is 13.2 Å². The van der Waals surface area contributed by atoms with Crippen molar-refractivity contribution in [1.29, 1.82) is 0 Å². The highest BCUT2D eigenvalue weighted by atomic mass is 32.2. The maximum absolute atomic E-state index is 11.7. The first-order valence-corrected chi connectivity index (χ1v) is 8.27. The number of carboxylic acid groups (broad SMARTS) is 1. The maximum atomic E-state index is 11.7. The highest BCUT2D eigenvalue weighted by molar-refractivity contribution is 7.89. The first-order chi connectivity index (χ1) is 8.43. The number of hydrogen-bond acceptors (Lipinski definition) is 3. The van der Waals surface area contributed by atoms with E-state index >= 15 is 0 Å². The van der Waals surface area contributed by atoms with Crippen LogP contribution >= 0.6 is 0 Å². The van der Waals surface area contributed by atoms with E-state index < -0.39 is 16.0 Å². The molecule has 6 heteroatoms. The summed E-state index contributed by atoms with van der Waals surface area (Å²) in [5.41, 5.74) is 0. The van der Waals surface area contributed by atoms with E-state index in [1.54, 1.807) is 0 Å². The van der Waals surface area contributed by atoms with E-state index in [1.165, 1.54) is 6.42 Å². The molecule has 1 aliphatic carbocycles. The molecule has 0 spiro atoms. The highest BCUT2D eigenvalue weighted by Gasteiger charge is 2.21. The van der Waals surface area contributed by atoms with Crippen molar-refractivity contribution in [1.82, 2.24) is 4.72 Å². The molecule has 1 unspecified atom stereocenters. The summed E-state index contributed by atoms with van der Waals surface area (Å²) in [4.78, 5) is 10.6. The van der Waals surface area contributed by atoms with E-state index in [0.717, 1.165) is 19.3 Å². The van der Waals surface area contributed by atoms with Crippen molar-refractivity contribution < 1.29 is 18.3 Å². The van der Waals surface area contributed by atoms with Crippen LogP contribution in [0.3, 0.4) is 0 Å². The Labute approximate surface area is 109 Å². The fourth-order valence-corrected chi connectivity index (χ4v) is 3.31. The Balaban J connectivity index is 2.27. The fourth-order valence-electron chi connectivity index (χ4n) is 2.03. The van der Waals surface area contributed by atoms with Crippen LogP contribution in [0.1, 0.15) is 45.4 Å². The van der Waals surface area contributed by atoms with Gasteiger partial charge in [-0.1, -0.05) is 32.6 Å². The van der Waals surface area contributed by atoms with Crippen molar-refractivity contribution in [2.75, 3.05) is 12.3 Å². The van der Waals surface area contributed by atoms with Crippen LogP contribution in [0.4, 0.5) is 0 Å². The first kappa shape index (κ1) is 15.4. The summed E-state index contributed by atoms with van der Waals surface area (Å²) in [6.45, 7) is 2.10. The summed E-state index contributed by atoms with van der Waals surface area (Å²) < 4.78 is 26.0. The maximum Gasteiger partial charge on any atom is 0.303 e. The van der Waals surface area contributed by atoms with Crippen LogP contribution in [0.5, 0.6) is 0 Å². The summed E-state index contributed by atoms with van der Waals surface area (Å²) in [5, 5.41) is 8.68. The molecule has 1 aliphatic rings. The van der Waals surface area contributed by atoms with E-state index in [-0.39, 0.29) is 24.6 Å². The molecule has 1 rings (SSSR count). The number of sulfonamides is 1. The monoisotopic (exact) mass is 277 g/mol. The normalized spacial score (nSPS) is 18.3. The first-order valence-electron chi connectivity index (χ1n) is 6.62. The molecule has 1 saturated carbocycles. The minimum Gasteiger partial charge on any atom is -0.481 e. The number of nitrogens with one attached hydrogen (secondary N) is 1. The molecular formula is C12H23NO4S. The molecule has 0 bridgehead atoms. The number of rotatable bonds is 9. The predicted molar refractivity (Wildman–Crippen MR) is 69.8 cm³/mol. The SMILES string of the molecule is CCC(CNS(=O)(=O)CCC1CCC1)CC(=O)O. The molecule has 0 aromatic rings. The standard InChI is InChI=1S/C12H23NO4S/c1-2-10(8-12(14)15)9-13-18(16,17)7-6-11-4-3-5-11/h10-11,13H,2-9H2,1H3,(H,14,15). The van der Waals surface area contributed by atoms with Gasteiger partial charge in [0.05, 0.1) is 5.75 Å². The van der Waals surface area contributed by atoms with E-state index in [1.807, 2.05) is 6.92 Å². The van der Waals surface area contributed by atoms with Crippen molar-refractivity contribution in [2.24, 2.45) is 11.8 Å². The average molecular weight is 277 g/mol. The van der Waals surface area contributed by atoms with Crippen molar-refractivity contribution in [3.05, 3.63) is 0 Å². The molecule has 5 nitrogen and oxygen atoms in total. The third-order valence-electron chi connectivity index (χ3n) is 3.65. The van der Waals surface area contributed by atoms with Gasteiger partial charge in [-0.25, -0.2) is 13.1 Å². The minimum absolute atomic E-state index is 0.0155. The van der Waals surface area contributed by atoms with E-state index in [4.69, 9.17) is 5.11 Å². The topological polar surface area (TPSA) is 83.5 Å². The summed E-state index contributed by atoms with van der Waals surface area (Å²) in [6, 6.07) is 0. The molecule has 1 atom stereocenters. The van der Waals surface area contributed by atoms with Gasteiger partial charge in [-0.3, -0.25) is 4.79 Å². The van der Waals surface area contributed by atoms with E-state index in [0.29, 0.717) is 12.3 Å². The molecule has 0 aliphatic heterocycles. The number of carboxylic acids is 1. The Kier molecular flexibility index (Phi) is 6.08. The summed E-state index contributed by atoms with van der Waals surface area (Å²) >= 11 is 0. The largest absolute Gasteiger partial charge is 0.481 e. The van der Waals surface area contributed by atoms with Crippen LogP contribution < -0.4 is 4.72 Å². The molecule has 0 aromatic heterocycles. The van der Waals surface area contributed by atoms with Crippen LogP contribution in [0.15, 0.2) is 0 Å². The number of carbonyl (C=O) groups is 1. The lowest BCUT2D eigenvalue weighted by Gasteiger charge is -2.25. The Hall–Kier alpha value is -0.620. The number of aliphatic carboxylic acids is 1. The number of hydrogen-bond donors (Lipinski definition) is 2. The Morgan fingerprint density at radius 3 is 2.56 bits per heavy atom. The smallest absolute Gasteiger partial charge is 0.303 e. The summed E-state index contributed by atoms with van der Waals surface area (Å²) in [7, 11) is -3.24. The Bertz CT molecular complexity index is 362. The molecule has 0 heterocycles. The average Bonchev–Trinajstić information content (AvgIpc) is 2.21. The Morgan fingerprint density at radius 2 is 2.11 bits per heavy atom. The molecule has 2 N–H and O–H groups in total. The molecule has 0 radical (unpaired) electrons. The third kappa shape index (κ3) is 5.82. The van der Waals surface area contributed by atoms with Crippen LogP contribution in [0.2, 0.25) is 0 Å². The van der Waals surface area contributed by atoms with Crippen molar-refractivity contribution >= 4 is 16.0 Å². The van der Waals surface area contributed by atoms with Crippen molar-refractivity contribution in [3.8, 4) is 0 Å². The highest BCUT2D eigenvalue weighted by Crippen LogP contribution is 2.29. The molecule has 0 aromatic carbocycles. The zero-order valence-corrected chi connectivity index (χ0v) is 11.7. The molecule has 1 fully saturated rings. The molecule has 0 amide bonds. The summed E-state index contributed by atoms with van der Waals surface area (Å²) in [5.74, 6) is -0.264. The zero-order chi connectivity index (χ0) is 13.6. The van der Waals surface area contributed by atoms with Crippen LogP contribution in [0, 0.1) is 11.8 Å². The third-order valence-corrected chi connectivity index (χ3v) is 5.03. The van der Waals surface area contributed by atoms with Gasteiger partial charge in [0.15, 0.2) is 0 Å². The second kappa shape index (κ2) is 7.09. The van der Waals surface area contributed by atoms with Gasteiger partial charge in [-0.05, 0) is 18.3 Å². The molecular weight excluding hydrogens is 254 g/mol. The van der Waals surface area contributed by atoms with Gasteiger partial charge in [-0.2, -0.15) is 0 Å². The second-order valence-corrected chi connectivity index (χ2v) is 7.05. The predicted octanol–water partition coefficient (Wildman–Crippen LogP) is 1.60. The Morgan fingerprint density at radius 1 is 1.44 bits per heavy atom. The lowest BCUT2D eigenvalue weighted by atomic mass is 9.84. The summed E-state index contributed by atoms with van der Waals surface area (Å²) in [6.07, 6.45) is 4.91. The second-order valence-electron chi connectivity index (χ2n) is 5.13. The molecule has 106 valence electrons. The lowest BCUT2D eigenvalue weighted by Crippen LogP contribution is -2.33. The van der Waals surface area contributed by atoms with E-state index in [2.05, 4.69) is 4.72 Å². The van der Waals surface area contributed by atoms with Gasteiger partial charge in [0.1, 0.15) is 0 Å². The van der Waals surface area contributed by atoms with Gasteiger partial charge >= 0.3 is 5.97 Å². The van der Waals surface area contributed by atoms with Gasteiger partial charge in [0, 0.05) is 13.0 Å². The van der Waals surface area contributed by atoms with Gasteiger partial charge in [-0.15, -0.1) is 0 Å². The van der Waals surface area contributed by atoms with Crippen molar-refractivity contribution in [2.45, 2.75) is 45.4 Å². The van der Waals surface area contributed by atoms with Gasteiger partial charge in [0.25, 0.3) is 0 Å². The quantitative estimate of drug-likeness (QED) is 0.670. The minimum atomic E-state index is -3.24. The van der Waals surface area contributed by atoms with Gasteiger partial charge < -0.3 is 5.11 Å². The lowest BCUT2D eigenvalue weighted by molar-refractivity contribution is -0.138. The zero-order valence-electron chi connectivity index (χ0n) is 10.9. The van der Waals surface area contributed by atoms with Crippen molar-refractivity contribution in [3.63, 3.8) is 0 Å². The van der Waals surface area contributed by atoms with Crippen LogP contribution in [-0.4, -0.2) is 31.8 Å². The van der Waals surface area contributed by atoms with Gasteiger partial charge in [0.2, 0.25) is 10.0 Å². The molecule has 18 heavy (non-hydrogen) atoms. The fraction of sp³-hybridized carbons (Fsp3) is 0.917.